The first-order valence-corrected chi connectivity index (χ1v) is 10.1. The van der Waals surface area contributed by atoms with Crippen molar-refractivity contribution in [2.75, 3.05) is 13.1 Å². The number of benzene rings is 1. The minimum atomic E-state index is -0.156. The van der Waals surface area contributed by atoms with Crippen molar-refractivity contribution < 1.29 is 4.79 Å². The van der Waals surface area contributed by atoms with E-state index in [-0.39, 0.29) is 5.91 Å². The van der Waals surface area contributed by atoms with Crippen LogP contribution in [0.1, 0.15) is 27.6 Å². The molecular weight excluding hydrogens is 364 g/mol. The lowest BCUT2D eigenvalue weighted by Crippen LogP contribution is -2.32. The first-order valence-electron chi connectivity index (χ1n) is 10.1. The third kappa shape index (κ3) is 3.78. The average molecular weight is 388 g/mol. The fourth-order valence-electron chi connectivity index (χ4n) is 4.53. The number of pyridine rings is 1. The van der Waals surface area contributed by atoms with Crippen molar-refractivity contribution in [3.05, 3.63) is 77.6 Å². The number of carbonyl (C=O) groups is 1. The Balaban J connectivity index is 1.24. The van der Waals surface area contributed by atoms with Crippen LogP contribution >= 0.6 is 0 Å². The van der Waals surface area contributed by atoms with Crippen molar-refractivity contribution >= 4 is 5.91 Å². The molecule has 7 heteroatoms. The number of likely N-dealkylation sites (tertiary alicyclic amines) is 1. The molecule has 29 heavy (non-hydrogen) atoms. The second kappa shape index (κ2) is 7.75. The van der Waals surface area contributed by atoms with Gasteiger partial charge in [0, 0.05) is 51.5 Å². The number of hydrogen-bond donors (Lipinski definition) is 1. The zero-order chi connectivity index (χ0) is 19.6. The predicted octanol–water partition coefficient (Wildman–Crippen LogP) is 1.91. The lowest BCUT2D eigenvalue weighted by molar-refractivity contribution is 0.0932. The average Bonchev–Trinajstić information content (AvgIpc) is 3.34. The molecule has 7 nitrogen and oxygen atoms in total. The largest absolute Gasteiger partial charge is 0.345 e. The van der Waals surface area contributed by atoms with Crippen LogP contribution in [0.15, 0.2) is 54.9 Å². The summed E-state index contributed by atoms with van der Waals surface area (Å²) in [6.07, 6.45) is 4.63. The van der Waals surface area contributed by atoms with Crippen molar-refractivity contribution in [2.45, 2.75) is 26.1 Å². The molecule has 1 N–H and O–H groups in total. The van der Waals surface area contributed by atoms with E-state index in [0.29, 0.717) is 24.2 Å². The van der Waals surface area contributed by atoms with Crippen LogP contribution in [0.3, 0.4) is 0 Å². The molecule has 0 unspecified atom stereocenters. The fourth-order valence-corrected chi connectivity index (χ4v) is 4.53. The van der Waals surface area contributed by atoms with E-state index in [1.165, 1.54) is 5.56 Å². The second-order valence-electron chi connectivity index (χ2n) is 8.00. The van der Waals surface area contributed by atoms with E-state index in [1.54, 1.807) is 0 Å². The molecule has 0 saturated carbocycles. The molecule has 2 aliphatic rings. The van der Waals surface area contributed by atoms with Crippen LogP contribution in [0.4, 0.5) is 0 Å². The highest BCUT2D eigenvalue weighted by Crippen LogP contribution is 2.33. The van der Waals surface area contributed by atoms with E-state index in [2.05, 4.69) is 31.5 Å². The number of carbonyl (C=O) groups excluding carboxylic acids is 1. The maximum absolute atomic E-state index is 12.7. The zero-order valence-corrected chi connectivity index (χ0v) is 16.2. The van der Waals surface area contributed by atoms with Gasteiger partial charge in [-0.05, 0) is 29.0 Å². The van der Waals surface area contributed by atoms with E-state index in [1.807, 2.05) is 53.4 Å². The van der Waals surface area contributed by atoms with E-state index in [0.717, 1.165) is 44.0 Å². The van der Waals surface area contributed by atoms with Crippen LogP contribution in [0.2, 0.25) is 0 Å². The molecule has 148 valence electrons. The fraction of sp³-hybridized carbons (Fsp3) is 0.364. The second-order valence-corrected chi connectivity index (χ2v) is 8.00. The minimum absolute atomic E-state index is 0.156. The summed E-state index contributed by atoms with van der Waals surface area (Å²) in [6, 6.07) is 14.0. The number of rotatable bonds is 5. The molecular formula is C22H24N6O. The lowest BCUT2D eigenvalue weighted by atomic mass is 9.89. The number of fused-ring (bicyclic) bond motifs is 2. The van der Waals surface area contributed by atoms with Gasteiger partial charge in [-0.1, -0.05) is 36.4 Å². The first-order chi connectivity index (χ1) is 14.3. The Labute approximate surface area is 169 Å². The van der Waals surface area contributed by atoms with E-state index >= 15 is 0 Å². The molecule has 5 rings (SSSR count). The third-order valence-corrected chi connectivity index (χ3v) is 5.97. The quantitative estimate of drug-likeness (QED) is 0.723. The van der Waals surface area contributed by atoms with Crippen molar-refractivity contribution in [3.8, 4) is 0 Å². The molecule has 0 bridgehead atoms. The normalized spacial score (nSPS) is 20.8. The Morgan fingerprint density at radius 3 is 2.66 bits per heavy atom. The molecule has 1 fully saturated rings. The summed E-state index contributed by atoms with van der Waals surface area (Å²) in [5.41, 5.74) is 2.31. The molecule has 1 saturated heterocycles. The molecule has 0 aliphatic carbocycles. The molecule has 2 aromatic heterocycles. The molecule has 0 radical (unpaired) electrons. The van der Waals surface area contributed by atoms with Gasteiger partial charge in [-0.3, -0.25) is 14.7 Å². The summed E-state index contributed by atoms with van der Waals surface area (Å²) in [5.74, 6) is 2.30. The Morgan fingerprint density at radius 2 is 1.83 bits per heavy atom. The van der Waals surface area contributed by atoms with Gasteiger partial charge in [0.1, 0.15) is 5.82 Å². The topological polar surface area (TPSA) is 75.9 Å². The Kier molecular flexibility index (Phi) is 4.81. The summed E-state index contributed by atoms with van der Waals surface area (Å²) in [7, 11) is 0. The number of hydrogen-bond acceptors (Lipinski definition) is 5. The van der Waals surface area contributed by atoms with Gasteiger partial charge in [-0.15, -0.1) is 10.2 Å². The molecule has 1 aromatic carbocycles. The summed E-state index contributed by atoms with van der Waals surface area (Å²) in [6.45, 7) is 4.31. The monoisotopic (exact) mass is 388 g/mol. The molecule has 2 atom stereocenters. The van der Waals surface area contributed by atoms with Gasteiger partial charge in [-0.25, -0.2) is 0 Å². The van der Waals surface area contributed by atoms with Crippen LogP contribution in [0.25, 0.3) is 0 Å². The van der Waals surface area contributed by atoms with Crippen molar-refractivity contribution in [1.29, 1.82) is 0 Å². The Hall–Kier alpha value is -3.06. The molecule has 1 amide bonds. The predicted molar refractivity (Wildman–Crippen MR) is 108 cm³/mol. The van der Waals surface area contributed by atoms with E-state index in [9.17, 15) is 4.79 Å². The van der Waals surface area contributed by atoms with Gasteiger partial charge in [0.05, 0.1) is 0 Å². The maximum Gasteiger partial charge on any atom is 0.289 e. The van der Waals surface area contributed by atoms with E-state index in [4.69, 9.17) is 0 Å². The SMILES string of the molecule is O=C(NCc1ccccc1)c1nnc2n1C[C@H]1CN(Cc3cccnc3)C[C@H]1C2. The summed E-state index contributed by atoms with van der Waals surface area (Å²) < 4.78 is 2.02. The summed E-state index contributed by atoms with van der Waals surface area (Å²) in [5, 5.41) is 11.5. The van der Waals surface area contributed by atoms with Gasteiger partial charge in [-0.2, -0.15) is 0 Å². The van der Waals surface area contributed by atoms with Crippen LogP contribution in [0.5, 0.6) is 0 Å². The number of nitrogens with one attached hydrogen (secondary N) is 1. The van der Waals surface area contributed by atoms with Crippen LogP contribution in [0, 0.1) is 11.8 Å². The van der Waals surface area contributed by atoms with Crippen LogP contribution in [-0.4, -0.2) is 43.6 Å². The smallest absolute Gasteiger partial charge is 0.289 e. The highest BCUT2D eigenvalue weighted by Gasteiger charge is 2.39. The zero-order valence-electron chi connectivity index (χ0n) is 16.2. The standard InChI is InChI=1S/C22H24N6O/c29-22(24-11-16-5-2-1-3-6-16)21-26-25-20-9-18-13-27(14-19(18)15-28(20)21)12-17-7-4-8-23-10-17/h1-8,10,18-19H,9,11-15H2,(H,24,29)/t18-,19-/m1/s1. The number of amides is 1. The highest BCUT2D eigenvalue weighted by atomic mass is 16.2. The van der Waals surface area contributed by atoms with Gasteiger partial charge in [0.25, 0.3) is 5.91 Å². The highest BCUT2D eigenvalue weighted by molar-refractivity contribution is 5.90. The number of nitrogens with zero attached hydrogens (tertiary/aromatic N) is 5. The van der Waals surface area contributed by atoms with Crippen LogP contribution < -0.4 is 5.32 Å². The third-order valence-electron chi connectivity index (χ3n) is 5.97. The molecule has 3 aromatic rings. The molecule has 2 aliphatic heterocycles. The molecule has 4 heterocycles. The number of aromatic nitrogens is 4. The lowest BCUT2D eigenvalue weighted by Gasteiger charge is -2.25. The van der Waals surface area contributed by atoms with Gasteiger partial charge in [0.2, 0.25) is 5.82 Å². The van der Waals surface area contributed by atoms with Crippen molar-refractivity contribution in [2.24, 2.45) is 11.8 Å². The summed E-state index contributed by atoms with van der Waals surface area (Å²) >= 11 is 0. The van der Waals surface area contributed by atoms with Gasteiger partial charge in [0.15, 0.2) is 0 Å². The summed E-state index contributed by atoms with van der Waals surface area (Å²) in [4.78, 5) is 19.4. The van der Waals surface area contributed by atoms with E-state index < -0.39 is 0 Å². The van der Waals surface area contributed by atoms with Crippen molar-refractivity contribution in [1.82, 2.24) is 30.0 Å². The van der Waals surface area contributed by atoms with Crippen molar-refractivity contribution in [3.63, 3.8) is 0 Å². The first kappa shape index (κ1) is 18.0. The van der Waals surface area contributed by atoms with Gasteiger partial charge < -0.3 is 9.88 Å². The van der Waals surface area contributed by atoms with Crippen LogP contribution in [-0.2, 0) is 26.1 Å². The van der Waals surface area contributed by atoms with Gasteiger partial charge >= 0.3 is 0 Å². The molecule has 0 spiro atoms. The minimum Gasteiger partial charge on any atom is -0.345 e. The maximum atomic E-state index is 12.7. The Morgan fingerprint density at radius 1 is 1.00 bits per heavy atom. The Bertz CT molecular complexity index is 987.